The number of carbonyl (C=O) groups excluding carboxylic acids is 1. The summed E-state index contributed by atoms with van der Waals surface area (Å²) in [5, 5.41) is 4.50. The first-order valence-corrected chi connectivity index (χ1v) is 8.89. The van der Waals surface area contributed by atoms with Crippen LogP contribution in [0.5, 0.6) is 0 Å². The third-order valence-corrected chi connectivity index (χ3v) is 5.53. The van der Waals surface area contributed by atoms with E-state index >= 15 is 0 Å². The van der Waals surface area contributed by atoms with Crippen molar-refractivity contribution in [1.29, 1.82) is 0 Å². The van der Waals surface area contributed by atoms with E-state index in [0.717, 1.165) is 29.0 Å². The smallest absolute Gasteiger partial charge is 0.233 e. The molecule has 1 aliphatic rings. The lowest BCUT2D eigenvalue weighted by Gasteiger charge is -2.16. The summed E-state index contributed by atoms with van der Waals surface area (Å²) in [5.74, 6) is 0.0991. The van der Waals surface area contributed by atoms with Crippen molar-refractivity contribution < 1.29 is 4.79 Å². The molecule has 3 rings (SSSR count). The Balaban J connectivity index is 1.71. The van der Waals surface area contributed by atoms with Crippen molar-refractivity contribution in [3.05, 3.63) is 23.2 Å². The van der Waals surface area contributed by atoms with Gasteiger partial charge in [0.05, 0.1) is 16.3 Å². The highest BCUT2D eigenvalue weighted by Gasteiger charge is 2.22. The molecular weight excluding hydrogens is 318 g/mol. The number of aromatic nitrogens is 2. The summed E-state index contributed by atoms with van der Waals surface area (Å²) in [5.41, 5.74) is 1.89. The van der Waals surface area contributed by atoms with Gasteiger partial charge in [0, 0.05) is 18.1 Å². The van der Waals surface area contributed by atoms with E-state index in [1.807, 2.05) is 36.7 Å². The fourth-order valence-corrected chi connectivity index (χ4v) is 3.92. The molecule has 0 bridgehead atoms. The zero-order chi connectivity index (χ0) is 15.7. The lowest BCUT2D eigenvalue weighted by atomic mass is 10.2. The Morgan fingerprint density at radius 3 is 2.91 bits per heavy atom. The molecule has 1 aromatic carbocycles. The number of imidazole rings is 1. The number of thioether (sulfide) groups is 1. The van der Waals surface area contributed by atoms with Gasteiger partial charge in [0.15, 0.2) is 5.16 Å². The number of hydrogen-bond donors (Lipinski definition) is 1. The fraction of sp³-hybridized carbons (Fsp3) is 0.500. The highest BCUT2D eigenvalue weighted by molar-refractivity contribution is 8.00. The number of aryl methyl sites for hydroxylation is 1. The van der Waals surface area contributed by atoms with Crippen LogP contribution in [-0.4, -0.2) is 26.8 Å². The lowest BCUT2D eigenvalue weighted by molar-refractivity contribution is -0.120. The SMILES string of the molecule is CC(Sc1nc2cc(Cl)ccc2n1C)C(=O)NC1CCCC1. The molecule has 1 unspecified atom stereocenters. The average Bonchev–Trinajstić information content (AvgIpc) is 3.08. The molecule has 2 aromatic rings. The summed E-state index contributed by atoms with van der Waals surface area (Å²) in [6.07, 6.45) is 4.65. The van der Waals surface area contributed by atoms with Crippen LogP contribution < -0.4 is 5.32 Å². The minimum atomic E-state index is -0.161. The first-order valence-electron chi connectivity index (χ1n) is 7.63. The van der Waals surface area contributed by atoms with E-state index in [9.17, 15) is 4.79 Å². The second kappa shape index (κ2) is 6.50. The van der Waals surface area contributed by atoms with Crippen LogP contribution in [0, 0.1) is 0 Å². The van der Waals surface area contributed by atoms with Crippen LogP contribution in [0.4, 0.5) is 0 Å². The van der Waals surface area contributed by atoms with Gasteiger partial charge in [-0.1, -0.05) is 36.2 Å². The van der Waals surface area contributed by atoms with Crippen molar-refractivity contribution in [2.45, 2.75) is 49.1 Å². The molecule has 1 aliphatic carbocycles. The van der Waals surface area contributed by atoms with Crippen LogP contribution in [0.2, 0.25) is 5.02 Å². The molecule has 1 amide bonds. The predicted octanol–water partition coefficient (Wildman–Crippen LogP) is 3.77. The van der Waals surface area contributed by atoms with Gasteiger partial charge in [0.1, 0.15) is 0 Å². The third kappa shape index (κ3) is 3.25. The molecule has 1 heterocycles. The number of amides is 1. The number of carbonyl (C=O) groups is 1. The molecule has 22 heavy (non-hydrogen) atoms. The molecule has 0 saturated heterocycles. The van der Waals surface area contributed by atoms with Crippen LogP contribution in [0.15, 0.2) is 23.4 Å². The number of halogens is 1. The van der Waals surface area contributed by atoms with E-state index < -0.39 is 0 Å². The van der Waals surface area contributed by atoms with Crippen LogP contribution in [0.25, 0.3) is 11.0 Å². The van der Waals surface area contributed by atoms with Gasteiger partial charge in [-0.3, -0.25) is 4.79 Å². The number of nitrogens with one attached hydrogen (secondary N) is 1. The Hall–Kier alpha value is -1.20. The third-order valence-electron chi connectivity index (χ3n) is 4.15. The predicted molar refractivity (Wildman–Crippen MR) is 91.4 cm³/mol. The van der Waals surface area contributed by atoms with Gasteiger partial charge in [-0.15, -0.1) is 0 Å². The second-order valence-corrected chi connectivity index (χ2v) is 7.58. The van der Waals surface area contributed by atoms with Gasteiger partial charge in [-0.2, -0.15) is 0 Å². The van der Waals surface area contributed by atoms with Crippen LogP contribution in [0.1, 0.15) is 32.6 Å². The van der Waals surface area contributed by atoms with Gasteiger partial charge in [0.25, 0.3) is 0 Å². The summed E-state index contributed by atoms with van der Waals surface area (Å²) in [4.78, 5) is 16.9. The molecule has 1 N–H and O–H groups in total. The normalized spacial score (nSPS) is 17.0. The lowest BCUT2D eigenvalue weighted by Crippen LogP contribution is -2.37. The van der Waals surface area contributed by atoms with Gasteiger partial charge >= 0.3 is 0 Å². The monoisotopic (exact) mass is 337 g/mol. The molecule has 0 radical (unpaired) electrons. The topological polar surface area (TPSA) is 46.9 Å². The largest absolute Gasteiger partial charge is 0.352 e. The van der Waals surface area contributed by atoms with Crippen molar-refractivity contribution >= 4 is 40.3 Å². The van der Waals surface area contributed by atoms with Gasteiger partial charge < -0.3 is 9.88 Å². The molecule has 0 aliphatic heterocycles. The molecule has 1 saturated carbocycles. The van der Waals surface area contributed by atoms with E-state index in [-0.39, 0.29) is 11.2 Å². The first-order chi connectivity index (χ1) is 10.5. The first kappa shape index (κ1) is 15.7. The van der Waals surface area contributed by atoms with Crippen molar-refractivity contribution in [1.82, 2.24) is 14.9 Å². The van der Waals surface area contributed by atoms with Crippen LogP contribution >= 0.6 is 23.4 Å². The van der Waals surface area contributed by atoms with Gasteiger partial charge in [-0.25, -0.2) is 4.98 Å². The Bertz CT molecular complexity index is 694. The molecular formula is C16H20ClN3OS. The summed E-state index contributed by atoms with van der Waals surface area (Å²) in [6, 6.07) is 6.02. The summed E-state index contributed by atoms with van der Waals surface area (Å²) < 4.78 is 2.01. The van der Waals surface area contributed by atoms with Gasteiger partial charge in [0.2, 0.25) is 5.91 Å². The van der Waals surface area contributed by atoms with Crippen LogP contribution in [-0.2, 0) is 11.8 Å². The van der Waals surface area contributed by atoms with E-state index in [1.165, 1.54) is 24.6 Å². The summed E-state index contributed by atoms with van der Waals surface area (Å²) in [6.45, 7) is 1.93. The maximum Gasteiger partial charge on any atom is 0.233 e. The van der Waals surface area contributed by atoms with E-state index in [2.05, 4.69) is 10.3 Å². The summed E-state index contributed by atoms with van der Waals surface area (Å²) in [7, 11) is 1.97. The maximum atomic E-state index is 12.3. The molecule has 6 heteroatoms. The molecule has 118 valence electrons. The fourth-order valence-electron chi connectivity index (χ4n) is 2.86. The Morgan fingerprint density at radius 2 is 2.18 bits per heavy atom. The second-order valence-electron chi connectivity index (χ2n) is 5.84. The highest BCUT2D eigenvalue weighted by atomic mass is 35.5. The van der Waals surface area contributed by atoms with Gasteiger partial charge in [-0.05, 0) is 38.0 Å². The number of hydrogen-bond acceptors (Lipinski definition) is 3. The number of nitrogens with zero attached hydrogens (tertiary/aromatic N) is 2. The molecule has 4 nitrogen and oxygen atoms in total. The number of fused-ring (bicyclic) bond motifs is 1. The maximum absolute atomic E-state index is 12.3. The Kier molecular flexibility index (Phi) is 4.64. The number of benzene rings is 1. The van der Waals surface area contributed by atoms with Crippen molar-refractivity contribution in [2.24, 2.45) is 7.05 Å². The minimum absolute atomic E-state index is 0.0991. The molecule has 1 atom stereocenters. The minimum Gasteiger partial charge on any atom is -0.352 e. The Morgan fingerprint density at radius 1 is 1.45 bits per heavy atom. The van der Waals surface area contributed by atoms with Crippen molar-refractivity contribution in [3.63, 3.8) is 0 Å². The van der Waals surface area contributed by atoms with E-state index in [0.29, 0.717) is 11.1 Å². The van der Waals surface area contributed by atoms with Crippen LogP contribution in [0.3, 0.4) is 0 Å². The highest BCUT2D eigenvalue weighted by Crippen LogP contribution is 2.28. The number of rotatable bonds is 4. The Labute approximate surface area is 139 Å². The zero-order valence-corrected chi connectivity index (χ0v) is 14.4. The average molecular weight is 338 g/mol. The van der Waals surface area contributed by atoms with E-state index in [4.69, 9.17) is 11.6 Å². The van der Waals surface area contributed by atoms with E-state index in [1.54, 1.807) is 0 Å². The van der Waals surface area contributed by atoms with Crippen molar-refractivity contribution in [3.8, 4) is 0 Å². The summed E-state index contributed by atoms with van der Waals surface area (Å²) >= 11 is 7.50. The zero-order valence-electron chi connectivity index (χ0n) is 12.8. The molecule has 0 spiro atoms. The molecule has 1 fully saturated rings. The standard InChI is InChI=1S/C16H20ClN3OS/c1-10(15(21)18-12-5-3-4-6-12)22-16-19-13-9-11(17)7-8-14(13)20(16)2/h7-10,12H,3-6H2,1-2H3,(H,18,21). The quantitative estimate of drug-likeness (QED) is 0.864. The molecule has 1 aromatic heterocycles. The van der Waals surface area contributed by atoms with Crippen molar-refractivity contribution in [2.75, 3.05) is 0 Å².